The van der Waals surface area contributed by atoms with Crippen molar-refractivity contribution in [1.29, 1.82) is 0 Å². The third-order valence-corrected chi connectivity index (χ3v) is 6.80. The molecule has 1 aromatic heterocycles. The Balaban J connectivity index is 2.35. The summed E-state index contributed by atoms with van der Waals surface area (Å²) in [5.41, 5.74) is 3.10. The Morgan fingerprint density at radius 2 is 1.96 bits per heavy atom. The van der Waals surface area contributed by atoms with E-state index in [1.54, 1.807) is 0 Å². The second-order valence-electron chi connectivity index (χ2n) is 8.02. The predicted molar refractivity (Wildman–Crippen MR) is 108 cm³/mol. The molecule has 0 spiro atoms. The van der Waals surface area contributed by atoms with Crippen molar-refractivity contribution < 1.29 is 6.85 Å². The third-order valence-electron chi connectivity index (χ3n) is 4.80. The molecule has 1 fully saturated rings. The first-order valence-corrected chi connectivity index (χ1v) is 12.5. The highest BCUT2D eigenvalue weighted by molar-refractivity contribution is 6.89. The highest BCUT2D eigenvalue weighted by Gasteiger charge is 2.26. The van der Waals surface area contributed by atoms with Gasteiger partial charge in [-0.15, -0.1) is 0 Å². The van der Waals surface area contributed by atoms with E-state index in [0.717, 1.165) is 36.8 Å². The van der Waals surface area contributed by atoms with Gasteiger partial charge in [0.2, 0.25) is 0 Å². The topological polar surface area (TPSA) is 12.9 Å². The van der Waals surface area contributed by atoms with E-state index in [2.05, 4.69) is 24.6 Å². The third kappa shape index (κ3) is 3.80. The minimum Gasteiger partial charge on any atom is -0.253 e. The van der Waals surface area contributed by atoms with Crippen LogP contribution < -0.4 is 5.19 Å². The summed E-state index contributed by atoms with van der Waals surface area (Å²) < 4.78 is 42.7. The van der Waals surface area contributed by atoms with Gasteiger partial charge >= 0.3 is 0 Å². The zero-order chi connectivity index (χ0) is 21.6. The van der Waals surface area contributed by atoms with E-state index in [4.69, 9.17) is 6.85 Å². The van der Waals surface area contributed by atoms with Crippen LogP contribution >= 0.6 is 0 Å². The van der Waals surface area contributed by atoms with Crippen molar-refractivity contribution in [2.24, 2.45) is 5.92 Å². The van der Waals surface area contributed by atoms with E-state index in [-0.39, 0.29) is 11.6 Å². The molecule has 1 saturated carbocycles. The molecular formula is C22H31NSi. The van der Waals surface area contributed by atoms with Crippen LogP contribution in [0.2, 0.25) is 19.6 Å². The van der Waals surface area contributed by atoms with E-state index in [1.165, 1.54) is 0 Å². The summed E-state index contributed by atoms with van der Waals surface area (Å²) in [5.74, 6) is -0.0742. The van der Waals surface area contributed by atoms with Gasteiger partial charge < -0.3 is 0 Å². The second-order valence-corrected chi connectivity index (χ2v) is 13.0. The van der Waals surface area contributed by atoms with Gasteiger partial charge in [-0.3, -0.25) is 4.98 Å². The summed E-state index contributed by atoms with van der Waals surface area (Å²) in [6.07, 6.45) is 2.21. The molecule has 2 heteroatoms. The monoisotopic (exact) mass is 342 g/mol. The normalized spacial score (nSPS) is 20.1. The molecule has 128 valence electrons. The molecule has 0 saturated heterocycles. The Kier molecular flexibility index (Phi) is 3.42. The first-order chi connectivity index (χ1) is 13.3. The fraction of sp³-hybridized carbons (Fsp3) is 0.500. The zero-order valence-corrected chi connectivity index (χ0v) is 16.2. The van der Waals surface area contributed by atoms with Crippen LogP contribution in [0.25, 0.3) is 11.3 Å². The molecule has 0 unspecified atom stereocenters. The van der Waals surface area contributed by atoms with E-state index in [0.29, 0.717) is 16.4 Å². The summed E-state index contributed by atoms with van der Waals surface area (Å²) in [6, 6.07) is 9.66. The summed E-state index contributed by atoms with van der Waals surface area (Å²) >= 11 is 0. The maximum Gasteiger partial charge on any atom is 0.0803 e. The van der Waals surface area contributed by atoms with E-state index in [1.807, 2.05) is 37.3 Å². The van der Waals surface area contributed by atoms with Crippen molar-refractivity contribution in [3.05, 3.63) is 47.2 Å². The number of aromatic nitrogens is 1. The number of benzene rings is 1. The quantitative estimate of drug-likeness (QED) is 0.655. The van der Waals surface area contributed by atoms with Gasteiger partial charge in [0.1, 0.15) is 0 Å². The van der Waals surface area contributed by atoms with Crippen molar-refractivity contribution in [2.45, 2.75) is 65.5 Å². The summed E-state index contributed by atoms with van der Waals surface area (Å²) in [4.78, 5) is 4.63. The first-order valence-electron chi connectivity index (χ1n) is 11.5. The molecule has 1 aliphatic rings. The maximum absolute atomic E-state index is 9.07. The number of hydrogen-bond donors (Lipinski definition) is 0. The van der Waals surface area contributed by atoms with Gasteiger partial charge in [0.15, 0.2) is 0 Å². The molecule has 24 heavy (non-hydrogen) atoms. The van der Waals surface area contributed by atoms with Gasteiger partial charge in [-0.1, -0.05) is 69.1 Å². The Labute approximate surface area is 155 Å². The molecule has 1 nitrogen and oxygen atoms in total. The Hall–Kier alpha value is -1.41. The van der Waals surface area contributed by atoms with Crippen LogP contribution in [-0.4, -0.2) is 13.1 Å². The van der Waals surface area contributed by atoms with Crippen LogP contribution in [0.3, 0.4) is 0 Å². The minimum absolute atomic E-state index is 0.0742. The molecule has 3 rings (SSSR count). The van der Waals surface area contributed by atoms with Crippen LogP contribution in [0.5, 0.6) is 0 Å². The van der Waals surface area contributed by atoms with Gasteiger partial charge in [0.25, 0.3) is 0 Å². The molecule has 0 aliphatic heterocycles. The van der Waals surface area contributed by atoms with Crippen molar-refractivity contribution >= 4 is 13.3 Å². The lowest BCUT2D eigenvalue weighted by molar-refractivity contribution is 0.547. The Morgan fingerprint density at radius 3 is 2.58 bits per heavy atom. The van der Waals surface area contributed by atoms with Gasteiger partial charge in [-0.2, -0.15) is 0 Å². The van der Waals surface area contributed by atoms with Crippen molar-refractivity contribution in [1.82, 2.24) is 4.98 Å². The van der Waals surface area contributed by atoms with Crippen molar-refractivity contribution in [3.8, 4) is 11.3 Å². The van der Waals surface area contributed by atoms with Crippen molar-refractivity contribution in [3.63, 3.8) is 0 Å². The van der Waals surface area contributed by atoms with E-state index in [9.17, 15) is 0 Å². The van der Waals surface area contributed by atoms with Crippen LogP contribution in [0.4, 0.5) is 0 Å². The molecular weight excluding hydrogens is 306 g/mol. The summed E-state index contributed by atoms with van der Waals surface area (Å²) in [7, 11) is -2.19. The standard InChI is InChI=1S/C22H31NSi/c1-16-9-8-12-19(13-16)21-15-20(14-18-10-6-7-11-18)22(17(2)23-21)24(3,4)5/h8-9,12-13,15,18H,6-7,10-11,14H2,1-5H3/i2D3,14D2. The fourth-order valence-electron chi connectivity index (χ4n) is 3.66. The predicted octanol–water partition coefficient (Wildman–Crippen LogP) is 5.64. The molecule has 1 heterocycles. The van der Waals surface area contributed by atoms with Crippen LogP contribution in [0.15, 0.2) is 30.3 Å². The minimum atomic E-state index is -2.38. The number of nitrogens with zero attached hydrogens (tertiary/aromatic N) is 1. The number of hydrogen-bond acceptors (Lipinski definition) is 1. The van der Waals surface area contributed by atoms with Gasteiger partial charge in [-0.25, -0.2) is 0 Å². The van der Waals surface area contributed by atoms with Crippen LogP contribution in [-0.2, 0) is 6.37 Å². The SMILES string of the molecule is [2H]C([2H])([2H])c1nc(-c2cccc(C)c2)cc(C([2H])([2H])C2CCCC2)c1[Si](C)(C)C. The number of pyridine rings is 1. The van der Waals surface area contributed by atoms with Gasteiger partial charge in [0, 0.05) is 18.1 Å². The van der Waals surface area contributed by atoms with Crippen molar-refractivity contribution in [2.75, 3.05) is 0 Å². The molecule has 0 N–H and O–H groups in total. The Bertz CT molecular complexity index is 893. The molecule has 1 aliphatic carbocycles. The van der Waals surface area contributed by atoms with Gasteiger partial charge in [-0.05, 0) is 48.9 Å². The lowest BCUT2D eigenvalue weighted by Crippen LogP contribution is -2.43. The van der Waals surface area contributed by atoms with Crippen LogP contribution in [0, 0.1) is 19.7 Å². The lowest BCUT2D eigenvalue weighted by Gasteiger charge is -2.25. The van der Waals surface area contributed by atoms with E-state index < -0.39 is 21.3 Å². The smallest absolute Gasteiger partial charge is 0.0803 e. The first kappa shape index (κ1) is 12.0. The average Bonchev–Trinajstić information content (AvgIpc) is 3.14. The molecule has 2 aromatic rings. The molecule has 0 radical (unpaired) electrons. The second kappa shape index (κ2) is 6.83. The van der Waals surface area contributed by atoms with Crippen LogP contribution in [0.1, 0.15) is 49.4 Å². The zero-order valence-electron chi connectivity index (χ0n) is 20.2. The summed E-state index contributed by atoms with van der Waals surface area (Å²) in [6.45, 7) is 5.86. The Morgan fingerprint density at radius 1 is 1.21 bits per heavy atom. The number of aryl methyl sites for hydroxylation is 2. The fourth-order valence-corrected chi connectivity index (χ4v) is 5.38. The highest BCUT2D eigenvalue weighted by atomic mass is 28.3. The van der Waals surface area contributed by atoms with Gasteiger partial charge in [0.05, 0.1) is 13.8 Å². The highest BCUT2D eigenvalue weighted by Crippen LogP contribution is 2.30. The average molecular weight is 343 g/mol. The maximum atomic E-state index is 9.07. The molecule has 0 bridgehead atoms. The lowest BCUT2D eigenvalue weighted by atomic mass is 9.96. The summed E-state index contributed by atoms with van der Waals surface area (Å²) in [5, 5.41) is 0.672. The van der Waals surface area contributed by atoms with E-state index >= 15 is 0 Å². The molecule has 0 atom stereocenters. The number of rotatable bonds is 4. The largest absolute Gasteiger partial charge is 0.253 e. The molecule has 1 aromatic carbocycles. The molecule has 0 amide bonds.